The lowest BCUT2D eigenvalue weighted by atomic mass is 9.87. The Hall–Kier alpha value is -9.66. The summed E-state index contributed by atoms with van der Waals surface area (Å²) < 4.78 is 25.5. The van der Waals surface area contributed by atoms with Gasteiger partial charge in [-0.2, -0.15) is 10.5 Å². The Morgan fingerprint density at radius 2 is 0.841 bits per heavy atom. The van der Waals surface area contributed by atoms with Gasteiger partial charge in [0.15, 0.2) is 0 Å². The first-order valence-electron chi connectivity index (χ1n) is 27.7. The van der Waals surface area contributed by atoms with E-state index in [-0.39, 0.29) is 12.8 Å². The minimum Gasteiger partial charge on any atom is -0.435 e. The topological polar surface area (TPSA) is 94.5 Å². The van der Waals surface area contributed by atoms with Crippen LogP contribution in [0.2, 0.25) is 0 Å². The van der Waals surface area contributed by atoms with Gasteiger partial charge in [-0.25, -0.2) is 9.69 Å². The lowest BCUT2D eigenvalue weighted by Gasteiger charge is -2.33. The number of allylic oxidation sites excluding steroid dienone is 2. The molecule has 0 spiro atoms. The zero-order valence-corrected chi connectivity index (χ0v) is 47.5. The van der Waals surface area contributed by atoms with Crippen molar-refractivity contribution in [3.05, 3.63) is 237 Å². The van der Waals surface area contributed by atoms with Gasteiger partial charge in [0.1, 0.15) is 11.5 Å². The van der Waals surface area contributed by atoms with Crippen molar-refractivity contribution in [2.45, 2.75) is 66.2 Å². The second kappa shape index (κ2) is 20.2. The molecule has 0 fully saturated rings. The quantitative estimate of drug-likeness (QED) is 0.0952. The summed E-state index contributed by atoms with van der Waals surface area (Å²) in [7, 11) is -3.77. The fourth-order valence-corrected chi connectivity index (χ4v) is 17.4. The maximum Gasteiger partial charge on any atom is 0.319 e. The normalized spacial score (nSPS) is 13.2. The number of aryl methyl sites for hydroxylation is 2. The van der Waals surface area contributed by atoms with Crippen molar-refractivity contribution < 1.29 is 9.05 Å². The highest BCUT2D eigenvalue weighted by Gasteiger charge is 2.40. The lowest BCUT2D eigenvalue weighted by molar-refractivity contribution is 0.581. The van der Waals surface area contributed by atoms with Gasteiger partial charge in [-0.1, -0.05) is 135 Å². The van der Waals surface area contributed by atoms with E-state index in [4.69, 9.17) is 22.2 Å². The molecule has 0 unspecified atom stereocenters. The number of nitriles is 2. The Labute approximate surface area is 477 Å². The molecule has 394 valence electrons. The van der Waals surface area contributed by atoms with Gasteiger partial charge in [0.2, 0.25) is 11.4 Å². The standard InChI is InChI=1S/C70H52N8O2P2/c1-7-19-43-29-31-51-55(37-43)45(9-3)39-65(79-81-75-57-25-15-11-21-47(57)49(33-35-71)61(75)41-62-50(34-36-72)48-22-12-16-26-58(48)76(62)81)67(51)68-52-32-30-44(20-8-2)38-56(52)46(10-4)40-66(68)80-82-77-59-27-17-13-23-53(59)69(73-5)63(77)42-64-70(74-6)54-24-14-18-28-60(54)78(64)82/h7-8,11-32,37-40H,9-10,33-34,41-42H2,1-4H3/b19-7-,20-8+. The Kier molecular flexibility index (Phi) is 12.4. The highest BCUT2D eigenvalue weighted by molar-refractivity contribution is 7.50. The second-order valence-electron chi connectivity index (χ2n) is 20.8. The van der Waals surface area contributed by atoms with E-state index < -0.39 is 16.9 Å². The third-order valence-corrected chi connectivity index (χ3v) is 20.5. The molecule has 12 heteroatoms. The van der Waals surface area contributed by atoms with Gasteiger partial charge >= 0.3 is 16.9 Å². The summed E-state index contributed by atoms with van der Waals surface area (Å²) in [5.41, 5.74) is 16.6. The average Bonchev–Trinajstić information content (AvgIpc) is 2.01. The molecule has 0 radical (unpaired) electrons. The van der Waals surface area contributed by atoms with E-state index in [1.54, 1.807) is 0 Å². The summed E-state index contributed by atoms with van der Waals surface area (Å²) in [5, 5.41) is 28.9. The molecule has 10 nitrogen and oxygen atoms in total. The van der Waals surface area contributed by atoms with E-state index >= 15 is 0 Å². The predicted molar refractivity (Wildman–Crippen MR) is 336 cm³/mol. The van der Waals surface area contributed by atoms with Gasteiger partial charge in [-0.05, 0) is 130 Å². The molecule has 12 aromatic rings. The second-order valence-corrected chi connectivity index (χ2v) is 23.8. The molecule has 6 heterocycles. The number of hydrogen-bond acceptors (Lipinski definition) is 4. The molecule has 8 aromatic carbocycles. The van der Waals surface area contributed by atoms with Crippen molar-refractivity contribution in [1.29, 1.82) is 10.5 Å². The minimum absolute atomic E-state index is 0.218. The van der Waals surface area contributed by atoms with Crippen molar-refractivity contribution in [2.24, 2.45) is 0 Å². The minimum atomic E-state index is -1.91. The smallest absolute Gasteiger partial charge is 0.319 e. The summed E-state index contributed by atoms with van der Waals surface area (Å²) in [6.45, 7) is 25.8. The van der Waals surface area contributed by atoms with Gasteiger partial charge in [-0.3, -0.25) is 17.4 Å². The molecular formula is C70H52N8O2P2. The monoisotopic (exact) mass is 1100 g/mol. The van der Waals surface area contributed by atoms with E-state index in [2.05, 4.69) is 174 Å². The number of rotatable bonds is 11. The molecule has 2 aliphatic rings. The molecule has 14 rings (SSSR count). The first kappa shape index (κ1) is 50.6. The van der Waals surface area contributed by atoms with Gasteiger partial charge in [-0.15, -0.1) is 0 Å². The maximum atomic E-state index is 10.5. The summed E-state index contributed by atoms with van der Waals surface area (Å²) in [5.74, 6) is 1.31. The summed E-state index contributed by atoms with van der Waals surface area (Å²) >= 11 is 0. The average molecular weight is 1100 g/mol. The van der Waals surface area contributed by atoms with E-state index in [0.717, 1.165) is 139 Å². The van der Waals surface area contributed by atoms with Crippen LogP contribution >= 0.6 is 16.9 Å². The Morgan fingerprint density at radius 1 is 0.476 bits per heavy atom. The molecule has 0 saturated heterocycles. The van der Waals surface area contributed by atoms with Gasteiger partial charge in [0.25, 0.3) is 0 Å². The zero-order chi connectivity index (χ0) is 55.9. The van der Waals surface area contributed by atoms with Crippen molar-refractivity contribution in [3.63, 3.8) is 0 Å². The fourth-order valence-electron chi connectivity index (χ4n) is 13.1. The van der Waals surface area contributed by atoms with E-state index in [1.165, 1.54) is 0 Å². The van der Waals surface area contributed by atoms with Gasteiger partial charge in [0.05, 0.1) is 49.2 Å². The van der Waals surface area contributed by atoms with Crippen LogP contribution in [0.4, 0.5) is 11.4 Å². The molecule has 0 amide bonds. The van der Waals surface area contributed by atoms with E-state index in [1.807, 2.05) is 62.4 Å². The summed E-state index contributed by atoms with van der Waals surface area (Å²) in [4.78, 5) is 8.44. The molecule has 4 aromatic heterocycles. The van der Waals surface area contributed by atoms with Crippen LogP contribution in [-0.4, -0.2) is 17.4 Å². The Morgan fingerprint density at radius 3 is 1.22 bits per heavy atom. The molecule has 82 heavy (non-hydrogen) atoms. The van der Waals surface area contributed by atoms with Crippen molar-refractivity contribution >= 4 is 106 Å². The third-order valence-electron chi connectivity index (χ3n) is 16.6. The van der Waals surface area contributed by atoms with Crippen LogP contribution in [0.1, 0.15) is 83.9 Å². The Bertz CT molecular complexity index is 4760. The van der Waals surface area contributed by atoms with Crippen LogP contribution in [0.5, 0.6) is 11.5 Å². The number of nitrogens with zero attached hydrogens (tertiary/aromatic N) is 8. The number of benzene rings is 8. The molecule has 0 atom stereocenters. The molecule has 0 saturated carbocycles. The van der Waals surface area contributed by atoms with Crippen molar-refractivity contribution in [3.8, 4) is 34.8 Å². The van der Waals surface area contributed by atoms with Crippen LogP contribution in [0.15, 0.2) is 158 Å². The highest BCUT2D eigenvalue weighted by atomic mass is 31.2. The van der Waals surface area contributed by atoms with Crippen LogP contribution in [0.3, 0.4) is 0 Å². The molecule has 0 aliphatic carbocycles. The number of aromatic nitrogens is 4. The zero-order valence-electron chi connectivity index (χ0n) is 45.7. The number of hydrogen-bond donors (Lipinski definition) is 0. The van der Waals surface area contributed by atoms with Crippen LogP contribution in [0.25, 0.3) is 98.1 Å². The van der Waals surface area contributed by atoms with Crippen LogP contribution in [0, 0.1) is 35.8 Å². The molecule has 0 bridgehead atoms. The fraction of sp³-hybridized carbons (Fsp3) is 0.143. The number of fused-ring (bicyclic) bond motifs is 14. The van der Waals surface area contributed by atoms with Crippen molar-refractivity contribution in [1.82, 2.24) is 17.4 Å². The summed E-state index contributed by atoms with van der Waals surface area (Å²) in [6.07, 6.45) is 11.2. The summed E-state index contributed by atoms with van der Waals surface area (Å²) in [6, 6.07) is 55.9. The predicted octanol–water partition coefficient (Wildman–Crippen LogP) is 19.1. The third kappa shape index (κ3) is 7.50. The SMILES string of the molecule is [C-]#[N+]c1c2n(c3ccccc13)P(Oc1cc(CC)c3cc(/C=C/C)ccc3c1-c1c(OP3n4c(c(CC#N)c5ccccc54)Cc4c(CC#N)c5ccccc5n43)cc(CC)c3cc(/C=C\C)ccc13)n1c(c([N+]#[C-])c3ccccc31)C2. The van der Waals surface area contributed by atoms with Crippen LogP contribution in [-0.2, 0) is 38.5 Å². The maximum absolute atomic E-state index is 10.5. The first-order chi connectivity index (χ1) is 40.4. The van der Waals surface area contributed by atoms with Gasteiger partial charge in [0, 0.05) is 79.3 Å². The van der Waals surface area contributed by atoms with Gasteiger partial charge < -0.3 is 9.05 Å². The molecule has 2 aliphatic heterocycles. The van der Waals surface area contributed by atoms with Crippen LogP contribution < -0.4 is 9.05 Å². The molecule has 0 N–H and O–H groups in total. The largest absolute Gasteiger partial charge is 0.435 e. The van der Waals surface area contributed by atoms with Crippen molar-refractivity contribution in [2.75, 3.05) is 0 Å². The first-order valence-corrected chi connectivity index (χ1v) is 30.1. The van der Waals surface area contributed by atoms with E-state index in [0.29, 0.717) is 42.1 Å². The Balaban J connectivity index is 1.12. The van der Waals surface area contributed by atoms with E-state index in [9.17, 15) is 10.5 Å². The number of para-hydroxylation sites is 4. The highest BCUT2D eigenvalue weighted by Crippen LogP contribution is 2.62. The molecular weight excluding hydrogens is 1050 g/mol. The lowest BCUT2D eigenvalue weighted by Crippen LogP contribution is -2.19.